The third-order valence-corrected chi connectivity index (χ3v) is 10.9. The van der Waals surface area contributed by atoms with Crippen LogP contribution in [0.2, 0.25) is 0 Å². The van der Waals surface area contributed by atoms with Crippen molar-refractivity contribution in [3.63, 3.8) is 0 Å². The summed E-state index contributed by atoms with van der Waals surface area (Å²) in [5.41, 5.74) is -0.305. The van der Waals surface area contributed by atoms with Crippen molar-refractivity contribution in [1.29, 1.82) is 0 Å². The van der Waals surface area contributed by atoms with Gasteiger partial charge in [0, 0.05) is 34.4 Å². The lowest BCUT2D eigenvalue weighted by molar-refractivity contribution is -0.160. The molecule has 3 aromatic carbocycles. The SMILES string of the molecule is O=C(CCCCOc1c2ccccc2c(OCCCCC(=O)OC23CCC(CC2)C3)c2ccccc12)OC12CCC(CC1)C2. The third-order valence-electron chi connectivity index (χ3n) is 10.9. The Morgan fingerprint density at radius 3 is 1.25 bits per heavy atom. The number of rotatable bonds is 14. The summed E-state index contributed by atoms with van der Waals surface area (Å²) in [7, 11) is 0. The van der Waals surface area contributed by atoms with Gasteiger partial charge in [-0.15, -0.1) is 0 Å². The van der Waals surface area contributed by atoms with E-state index in [1.54, 1.807) is 0 Å². The summed E-state index contributed by atoms with van der Waals surface area (Å²) in [5.74, 6) is 3.14. The molecule has 4 aliphatic rings. The molecule has 0 N–H and O–H groups in total. The Bertz CT molecular complexity index is 1320. The highest BCUT2D eigenvalue weighted by Crippen LogP contribution is 2.51. The Labute approximate surface area is 260 Å². The molecule has 0 aromatic heterocycles. The highest BCUT2D eigenvalue weighted by atomic mass is 16.6. The van der Waals surface area contributed by atoms with Crippen LogP contribution in [-0.2, 0) is 19.1 Å². The molecular formula is C38H46O6. The fraction of sp³-hybridized carbons (Fsp3) is 0.579. The molecule has 4 bridgehead atoms. The third kappa shape index (κ3) is 6.14. The molecule has 4 saturated carbocycles. The van der Waals surface area contributed by atoms with Gasteiger partial charge in [0.15, 0.2) is 0 Å². The minimum absolute atomic E-state index is 0.0534. The number of benzene rings is 3. The predicted octanol–water partition coefficient (Wildman–Crippen LogP) is 8.84. The second-order valence-corrected chi connectivity index (χ2v) is 14.0. The molecule has 4 fully saturated rings. The first-order valence-electron chi connectivity index (χ1n) is 17.1. The molecule has 0 radical (unpaired) electrons. The summed E-state index contributed by atoms with van der Waals surface area (Å²) < 4.78 is 24.8. The zero-order chi connectivity index (χ0) is 30.0. The van der Waals surface area contributed by atoms with Crippen LogP contribution in [0.5, 0.6) is 11.5 Å². The topological polar surface area (TPSA) is 71.1 Å². The largest absolute Gasteiger partial charge is 0.492 e. The van der Waals surface area contributed by atoms with Gasteiger partial charge in [-0.25, -0.2) is 0 Å². The normalized spacial score (nSPS) is 26.8. The van der Waals surface area contributed by atoms with Gasteiger partial charge in [-0.05, 0) is 102 Å². The van der Waals surface area contributed by atoms with Crippen molar-refractivity contribution in [2.75, 3.05) is 13.2 Å². The van der Waals surface area contributed by atoms with E-state index in [0.29, 0.717) is 26.1 Å². The second kappa shape index (κ2) is 12.6. The van der Waals surface area contributed by atoms with E-state index in [4.69, 9.17) is 18.9 Å². The molecule has 0 spiro atoms. The van der Waals surface area contributed by atoms with Gasteiger partial charge in [-0.1, -0.05) is 48.5 Å². The van der Waals surface area contributed by atoms with Crippen LogP contribution in [0, 0.1) is 11.8 Å². The fourth-order valence-electron chi connectivity index (χ4n) is 8.60. The molecular weight excluding hydrogens is 552 g/mol. The Morgan fingerprint density at radius 2 is 0.932 bits per heavy atom. The van der Waals surface area contributed by atoms with Crippen LogP contribution < -0.4 is 9.47 Å². The van der Waals surface area contributed by atoms with Gasteiger partial charge in [0.2, 0.25) is 0 Å². The smallest absolute Gasteiger partial charge is 0.306 e. The summed E-state index contributed by atoms with van der Waals surface area (Å²) in [5, 5.41) is 4.08. The Balaban J connectivity index is 0.934. The monoisotopic (exact) mass is 598 g/mol. The highest BCUT2D eigenvalue weighted by Gasteiger charge is 2.48. The molecule has 0 unspecified atom stereocenters. The van der Waals surface area contributed by atoms with Gasteiger partial charge < -0.3 is 18.9 Å². The first-order chi connectivity index (χ1) is 21.5. The van der Waals surface area contributed by atoms with Crippen molar-refractivity contribution in [3.05, 3.63) is 48.5 Å². The van der Waals surface area contributed by atoms with E-state index in [1.807, 2.05) is 24.3 Å². The number of esters is 2. The van der Waals surface area contributed by atoms with Crippen molar-refractivity contribution >= 4 is 33.5 Å². The lowest BCUT2D eigenvalue weighted by Crippen LogP contribution is -2.30. The molecule has 0 atom stereocenters. The number of carbonyl (C=O) groups is 2. The molecule has 6 heteroatoms. The molecule has 4 aliphatic carbocycles. The van der Waals surface area contributed by atoms with Gasteiger partial charge in [0.25, 0.3) is 0 Å². The molecule has 234 valence electrons. The number of carbonyl (C=O) groups excluding carboxylic acids is 2. The maximum atomic E-state index is 12.6. The number of ether oxygens (including phenoxy) is 4. The van der Waals surface area contributed by atoms with Crippen molar-refractivity contribution in [3.8, 4) is 11.5 Å². The Hall–Kier alpha value is -3.28. The van der Waals surface area contributed by atoms with Crippen LogP contribution in [0.25, 0.3) is 21.5 Å². The Morgan fingerprint density at radius 1 is 0.568 bits per heavy atom. The van der Waals surface area contributed by atoms with Crippen molar-refractivity contribution in [2.24, 2.45) is 11.8 Å². The zero-order valence-corrected chi connectivity index (χ0v) is 26.0. The maximum Gasteiger partial charge on any atom is 0.306 e. The van der Waals surface area contributed by atoms with E-state index >= 15 is 0 Å². The maximum absolute atomic E-state index is 12.6. The molecule has 0 amide bonds. The number of hydrogen-bond donors (Lipinski definition) is 0. The van der Waals surface area contributed by atoms with Gasteiger partial charge >= 0.3 is 11.9 Å². The van der Waals surface area contributed by atoms with Gasteiger partial charge in [-0.2, -0.15) is 0 Å². The van der Waals surface area contributed by atoms with Crippen molar-refractivity contribution < 1.29 is 28.5 Å². The van der Waals surface area contributed by atoms with E-state index in [2.05, 4.69) is 24.3 Å². The molecule has 44 heavy (non-hydrogen) atoms. The standard InChI is InChI=1S/C38H46O6/c39-33(43-37-19-15-27(25-37)16-20-37)13-5-7-23-41-35-29-9-1-2-10-30(29)36(32-12-4-3-11-31(32)35)42-24-8-6-14-34(40)44-38-21-17-28(26-38)18-22-38/h1-4,9-12,27-28H,5-8,13-26H2. The molecule has 7 rings (SSSR count). The van der Waals surface area contributed by atoms with Gasteiger partial charge in [0.05, 0.1) is 13.2 Å². The van der Waals surface area contributed by atoms with E-state index in [1.165, 1.54) is 25.7 Å². The van der Waals surface area contributed by atoms with Crippen molar-refractivity contribution in [2.45, 2.75) is 114 Å². The first kappa shape index (κ1) is 29.4. The van der Waals surface area contributed by atoms with E-state index in [9.17, 15) is 9.59 Å². The average molecular weight is 599 g/mol. The molecule has 6 nitrogen and oxygen atoms in total. The fourth-order valence-corrected chi connectivity index (χ4v) is 8.60. The first-order valence-corrected chi connectivity index (χ1v) is 17.1. The van der Waals surface area contributed by atoms with Crippen LogP contribution in [0.3, 0.4) is 0 Å². The van der Waals surface area contributed by atoms with Crippen LogP contribution in [0.4, 0.5) is 0 Å². The molecule has 0 heterocycles. The van der Waals surface area contributed by atoms with Gasteiger partial charge in [-0.3, -0.25) is 9.59 Å². The van der Waals surface area contributed by atoms with Gasteiger partial charge in [0.1, 0.15) is 22.7 Å². The van der Waals surface area contributed by atoms with E-state index < -0.39 is 0 Å². The minimum atomic E-state index is -0.153. The summed E-state index contributed by atoms with van der Waals surface area (Å²) in [6, 6.07) is 16.5. The lowest BCUT2D eigenvalue weighted by Gasteiger charge is -2.26. The Kier molecular flexibility index (Phi) is 8.43. The average Bonchev–Trinajstić information content (AvgIpc) is 3.83. The summed E-state index contributed by atoms with van der Waals surface area (Å²) in [6.45, 7) is 1.07. The number of fused-ring (bicyclic) bond motifs is 6. The molecule has 0 aliphatic heterocycles. The lowest BCUT2D eigenvalue weighted by atomic mass is 9.97. The molecule has 3 aromatic rings. The van der Waals surface area contributed by atoms with E-state index in [-0.39, 0.29) is 23.1 Å². The van der Waals surface area contributed by atoms with Crippen LogP contribution in [0.15, 0.2) is 48.5 Å². The van der Waals surface area contributed by atoms with Crippen LogP contribution in [0.1, 0.15) is 103 Å². The van der Waals surface area contributed by atoms with Crippen molar-refractivity contribution in [1.82, 2.24) is 0 Å². The highest BCUT2D eigenvalue weighted by molar-refractivity contribution is 6.11. The van der Waals surface area contributed by atoms with Crippen LogP contribution in [-0.4, -0.2) is 36.4 Å². The van der Waals surface area contributed by atoms with Crippen LogP contribution >= 0.6 is 0 Å². The quantitative estimate of drug-likeness (QED) is 0.105. The number of hydrogen-bond acceptors (Lipinski definition) is 6. The van der Waals surface area contributed by atoms with E-state index in [0.717, 1.165) is 109 Å². The summed E-state index contributed by atoms with van der Waals surface area (Å²) in [6.07, 6.45) is 15.1. The second-order valence-electron chi connectivity index (χ2n) is 14.0. The molecule has 0 saturated heterocycles. The zero-order valence-electron chi connectivity index (χ0n) is 26.0. The predicted molar refractivity (Wildman–Crippen MR) is 171 cm³/mol. The minimum Gasteiger partial charge on any atom is -0.492 e. The summed E-state index contributed by atoms with van der Waals surface area (Å²) in [4.78, 5) is 25.1. The summed E-state index contributed by atoms with van der Waals surface area (Å²) >= 11 is 0. The number of unbranched alkanes of at least 4 members (excludes halogenated alkanes) is 2.